The molecule has 0 aromatic carbocycles. The average Bonchev–Trinajstić information content (AvgIpc) is 3.17. The van der Waals surface area contributed by atoms with E-state index in [1.54, 1.807) is 23.3 Å². The highest BCUT2D eigenvalue weighted by Gasteiger charge is 2.06. The van der Waals surface area contributed by atoms with Crippen molar-refractivity contribution in [3.05, 3.63) is 53.9 Å². The van der Waals surface area contributed by atoms with Crippen molar-refractivity contribution in [3.8, 4) is 5.69 Å². The fourth-order valence-corrected chi connectivity index (χ4v) is 2.28. The molecule has 0 radical (unpaired) electrons. The van der Waals surface area contributed by atoms with E-state index >= 15 is 0 Å². The van der Waals surface area contributed by atoms with Crippen molar-refractivity contribution in [1.29, 1.82) is 0 Å². The number of nitrogens with zero attached hydrogens (tertiary/aromatic N) is 4. The number of amides is 2. The molecule has 0 saturated carbocycles. The van der Waals surface area contributed by atoms with Crippen LogP contribution in [0, 0.1) is 0 Å². The predicted octanol–water partition coefficient (Wildman–Crippen LogP) is 2.05. The summed E-state index contributed by atoms with van der Waals surface area (Å²) in [6, 6.07) is 7.14. The van der Waals surface area contributed by atoms with Gasteiger partial charge in [-0.1, -0.05) is 5.21 Å². The van der Waals surface area contributed by atoms with Crippen LogP contribution in [-0.4, -0.2) is 26.0 Å². The van der Waals surface area contributed by atoms with Crippen LogP contribution in [0.1, 0.15) is 5.69 Å². The second kappa shape index (κ2) is 6.14. The number of thiophene rings is 1. The zero-order valence-corrected chi connectivity index (χ0v) is 11.7. The lowest BCUT2D eigenvalue weighted by molar-refractivity contribution is 0.251. The molecule has 7 nitrogen and oxygen atoms in total. The number of carbonyl (C=O) groups is 1. The Morgan fingerprint density at radius 2 is 2.29 bits per heavy atom. The second-order valence-corrected chi connectivity index (χ2v) is 5.10. The fourth-order valence-electron chi connectivity index (χ4n) is 1.67. The van der Waals surface area contributed by atoms with Gasteiger partial charge in [0, 0.05) is 6.20 Å². The highest BCUT2D eigenvalue weighted by molar-refractivity contribution is 7.14. The van der Waals surface area contributed by atoms with Gasteiger partial charge in [0.2, 0.25) is 0 Å². The number of nitrogens with one attached hydrogen (secondary N) is 2. The molecule has 0 unspecified atom stereocenters. The van der Waals surface area contributed by atoms with E-state index in [-0.39, 0.29) is 6.03 Å². The van der Waals surface area contributed by atoms with E-state index in [1.165, 1.54) is 11.3 Å². The maximum absolute atomic E-state index is 11.7. The number of pyridine rings is 1. The first-order chi connectivity index (χ1) is 10.3. The maximum atomic E-state index is 11.7. The van der Waals surface area contributed by atoms with E-state index in [9.17, 15) is 4.79 Å². The van der Waals surface area contributed by atoms with Crippen molar-refractivity contribution in [2.24, 2.45) is 0 Å². The Kier molecular flexibility index (Phi) is 3.88. The van der Waals surface area contributed by atoms with Crippen LogP contribution in [0.15, 0.2) is 48.2 Å². The third-order valence-electron chi connectivity index (χ3n) is 2.64. The Bertz CT molecular complexity index is 709. The number of aromatic nitrogens is 4. The van der Waals surface area contributed by atoms with Gasteiger partial charge >= 0.3 is 6.03 Å². The summed E-state index contributed by atoms with van der Waals surface area (Å²) in [5, 5.41) is 16.2. The van der Waals surface area contributed by atoms with Gasteiger partial charge < -0.3 is 5.32 Å². The van der Waals surface area contributed by atoms with Crippen molar-refractivity contribution in [1.82, 2.24) is 25.3 Å². The third-order valence-corrected chi connectivity index (χ3v) is 3.42. The smallest absolute Gasteiger partial charge is 0.320 e. The molecule has 8 heteroatoms. The van der Waals surface area contributed by atoms with Crippen molar-refractivity contribution >= 4 is 22.4 Å². The van der Waals surface area contributed by atoms with Gasteiger partial charge in [0.15, 0.2) is 0 Å². The maximum Gasteiger partial charge on any atom is 0.320 e. The van der Waals surface area contributed by atoms with Gasteiger partial charge in [-0.05, 0) is 29.6 Å². The first-order valence-electron chi connectivity index (χ1n) is 6.21. The van der Waals surface area contributed by atoms with Gasteiger partial charge in [-0.15, -0.1) is 16.4 Å². The molecule has 21 heavy (non-hydrogen) atoms. The molecule has 0 aliphatic rings. The van der Waals surface area contributed by atoms with E-state index in [0.717, 1.165) is 10.7 Å². The number of carbonyl (C=O) groups excluding carboxylic acids is 1. The zero-order chi connectivity index (χ0) is 14.5. The molecule has 0 bridgehead atoms. The first kappa shape index (κ1) is 13.3. The molecule has 3 heterocycles. The Hall–Kier alpha value is -2.74. The zero-order valence-electron chi connectivity index (χ0n) is 10.9. The Balaban J connectivity index is 1.56. The van der Waals surface area contributed by atoms with Crippen LogP contribution in [0.25, 0.3) is 5.69 Å². The standard InChI is InChI=1S/C13H12N6OS/c20-13(16-12-4-2-6-21-12)15-7-10-9-19(18-17-10)11-3-1-5-14-8-11/h1-6,8-9H,7H2,(H2,15,16,20). The van der Waals surface area contributed by atoms with Gasteiger partial charge in [-0.3, -0.25) is 10.3 Å². The molecule has 0 aliphatic heterocycles. The van der Waals surface area contributed by atoms with E-state index in [4.69, 9.17) is 0 Å². The van der Waals surface area contributed by atoms with E-state index in [2.05, 4.69) is 25.9 Å². The Labute approximate surface area is 124 Å². The quantitative estimate of drug-likeness (QED) is 0.772. The number of hydrogen-bond donors (Lipinski definition) is 2. The molecular weight excluding hydrogens is 288 g/mol. The highest BCUT2D eigenvalue weighted by Crippen LogP contribution is 2.14. The first-order valence-corrected chi connectivity index (χ1v) is 7.09. The summed E-state index contributed by atoms with van der Waals surface area (Å²) < 4.78 is 1.61. The number of rotatable bonds is 4. The van der Waals surface area contributed by atoms with Crippen LogP contribution in [0.2, 0.25) is 0 Å². The van der Waals surface area contributed by atoms with Crippen LogP contribution < -0.4 is 10.6 Å². The second-order valence-electron chi connectivity index (χ2n) is 4.15. The molecule has 0 atom stereocenters. The van der Waals surface area contributed by atoms with Gasteiger partial charge in [-0.2, -0.15) is 0 Å². The van der Waals surface area contributed by atoms with Crippen LogP contribution in [0.5, 0.6) is 0 Å². The van der Waals surface area contributed by atoms with Crippen LogP contribution in [0.3, 0.4) is 0 Å². The summed E-state index contributed by atoms with van der Waals surface area (Å²) in [4.78, 5) is 15.7. The minimum absolute atomic E-state index is 0.270. The Morgan fingerprint density at radius 1 is 1.33 bits per heavy atom. The predicted molar refractivity (Wildman–Crippen MR) is 79.3 cm³/mol. The normalized spacial score (nSPS) is 10.3. The summed E-state index contributed by atoms with van der Waals surface area (Å²) in [6.07, 6.45) is 5.13. The lowest BCUT2D eigenvalue weighted by Gasteiger charge is -2.03. The third kappa shape index (κ3) is 3.42. The fraction of sp³-hybridized carbons (Fsp3) is 0.0769. The molecule has 0 aliphatic carbocycles. The minimum atomic E-state index is -0.270. The molecule has 106 valence electrons. The molecule has 3 aromatic heterocycles. The molecule has 3 rings (SSSR count). The van der Waals surface area contributed by atoms with Crippen molar-refractivity contribution in [2.75, 3.05) is 5.32 Å². The molecule has 0 spiro atoms. The van der Waals surface area contributed by atoms with Crippen LogP contribution in [0.4, 0.5) is 9.80 Å². The molecule has 0 saturated heterocycles. The number of urea groups is 1. The minimum Gasteiger partial charge on any atom is -0.332 e. The lowest BCUT2D eigenvalue weighted by atomic mass is 10.4. The summed E-state index contributed by atoms with van der Waals surface area (Å²) in [5.74, 6) is 0. The number of anilines is 1. The van der Waals surface area contributed by atoms with E-state index in [0.29, 0.717) is 12.2 Å². The summed E-state index contributed by atoms with van der Waals surface area (Å²) in [7, 11) is 0. The van der Waals surface area contributed by atoms with Crippen molar-refractivity contribution in [3.63, 3.8) is 0 Å². The molecule has 3 aromatic rings. The lowest BCUT2D eigenvalue weighted by Crippen LogP contribution is -2.27. The monoisotopic (exact) mass is 300 g/mol. The van der Waals surface area contributed by atoms with Crippen LogP contribution >= 0.6 is 11.3 Å². The summed E-state index contributed by atoms with van der Waals surface area (Å²) in [6.45, 7) is 0.303. The highest BCUT2D eigenvalue weighted by atomic mass is 32.1. The van der Waals surface area contributed by atoms with Gasteiger partial charge in [-0.25, -0.2) is 9.48 Å². The molecular formula is C13H12N6OS. The van der Waals surface area contributed by atoms with Gasteiger partial charge in [0.05, 0.1) is 29.6 Å². The van der Waals surface area contributed by atoms with E-state index in [1.807, 2.05) is 29.6 Å². The Morgan fingerprint density at radius 3 is 3.05 bits per heavy atom. The molecule has 2 N–H and O–H groups in total. The van der Waals surface area contributed by atoms with Crippen molar-refractivity contribution < 1.29 is 4.79 Å². The van der Waals surface area contributed by atoms with Crippen molar-refractivity contribution in [2.45, 2.75) is 6.54 Å². The topological polar surface area (TPSA) is 84.7 Å². The summed E-state index contributed by atoms with van der Waals surface area (Å²) in [5.41, 5.74) is 1.49. The van der Waals surface area contributed by atoms with Gasteiger partial charge in [0.1, 0.15) is 5.69 Å². The SMILES string of the molecule is O=C(NCc1cn(-c2cccnc2)nn1)Nc1cccs1. The van der Waals surface area contributed by atoms with E-state index < -0.39 is 0 Å². The molecule has 0 fully saturated rings. The molecule has 2 amide bonds. The summed E-state index contributed by atoms with van der Waals surface area (Å²) >= 11 is 1.46. The van der Waals surface area contributed by atoms with Gasteiger partial charge in [0.25, 0.3) is 0 Å². The number of hydrogen-bond acceptors (Lipinski definition) is 5. The van der Waals surface area contributed by atoms with Crippen LogP contribution in [-0.2, 0) is 6.54 Å². The largest absolute Gasteiger partial charge is 0.332 e. The average molecular weight is 300 g/mol.